The van der Waals surface area contributed by atoms with Crippen LogP contribution in [0.25, 0.3) is 0 Å². The summed E-state index contributed by atoms with van der Waals surface area (Å²) >= 11 is 0. The maximum atomic E-state index is 13.7. The number of benzene rings is 2. The van der Waals surface area contributed by atoms with Gasteiger partial charge in [-0.15, -0.1) is 0 Å². The average Bonchev–Trinajstić information content (AvgIpc) is 2.45. The Morgan fingerprint density at radius 1 is 1.05 bits per heavy atom. The summed E-state index contributed by atoms with van der Waals surface area (Å²) in [5, 5.41) is 11.3. The Kier molecular flexibility index (Phi) is 3.62. The first-order chi connectivity index (χ1) is 9.15. The van der Waals surface area contributed by atoms with E-state index >= 15 is 0 Å². The molecule has 0 aliphatic carbocycles. The highest BCUT2D eigenvalue weighted by Crippen LogP contribution is 2.25. The van der Waals surface area contributed by atoms with E-state index in [0.29, 0.717) is 11.4 Å². The standard InChI is InChI=1S/C14H10F2N2O/c1-19-11-5-3-10(4-6-11)18-12-7-2-9(8-17)13(15)14(12)16/h2-7,18H,1H3. The smallest absolute Gasteiger partial charge is 0.183 e. The molecule has 0 aliphatic heterocycles. The molecule has 0 aromatic heterocycles. The number of nitriles is 1. The van der Waals surface area contributed by atoms with Gasteiger partial charge in [-0.05, 0) is 36.4 Å². The van der Waals surface area contributed by atoms with Gasteiger partial charge < -0.3 is 10.1 Å². The molecule has 0 atom stereocenters. The maximum Gasteiger partial charge on any atom is 0.183 e. The molecule has 1 N–H and O–H groups in total. The van der Waals surface area contributed by atoms with Gasteiger partial charge >= 0.3 is 0 Å². The molecule has 3 nitrogen and oxygen atoms in total. The zero-order chi connectivity index (χ0) is 13.8. The van der Waals surface area contributed by atoms with Gasteiger partial charge in [0.2, 0.25) is 0 Å². The van der Waals surface area contributed by atoms with Crippen LogP contribution in [0.2, 0.25) is 0 Å². The first kappa shape index (κ1) is 12.8. The number of ether oxygens (including phenoxy) is 1. The lowest BCUT2D eigenvalue weighted by molar-refractivity contribution is 0.415. The second-order valence-electron chi connectivity index (χ2n) is 3.75. The minimum Gasteiger partial charge on any atom is -0.497 e. The second-order valence-corrected chi connectivity index (χ2v) is 3.75. The molecule has 2 aromatic rings. The van der Waals surface area contributed by atoms with Crippen LogP contribution in [0.4, 0.5) is 20.2 Å². The van der Waals surface area contributed by atoms with Crippen LogP contribution < -0.4 is 10.1 Å². The third kappa shape index (κ3) is 2.63. The van der Waals surface area contributed by atoms with Crippen molar-refractivity contribution in [3.8, 4) is 11.8 Å². The van der Waals surface area contributed by atoms with Crippen molar-refractivity contribution in [2.75, 3.05) is 12.4 Å². The average molecular weight is 260 g/mol. The fourth-order valence-electron chi connectivity index (χ4n) is 1.56. The number of nitrogens with one attached hydrogen (secondary N) is 1. The minimum atomic E-state index is -1.15. The van der Waals surface area contributed by atoms with Crippen molar-refractivity contribution in [1.29, 1.82) is 5.26 Å². The molecule has 0 unspecified atom stereocenters. The Morgan fingerprint density at radius 2 is 1.74 bits per heavy atom. The van der Waals surface area contributed by atoms with Gasteiger partial charge in [0.15, 0.2) is 11.6 Å². The van der Waals surface area contributed by atoms with E-state index < -0.39 is 11.6 Å². The van der Waals surface area contributed by atoms with Gasteiger partial charge in [-0.3, -0.25) is 0 Å². The fourth-order valence-corrected chi connectivity index (χ4v) is 1.56. The molecule has 0 saturated heterocycles. The van der Waals surface area contributed by atoms with E-state index in [-0.39, 0.29) is 11.3 Å². The van der Waals surface area contributed by atoms with Gasteiger partial charge in [-0.25, -0.2) is 8.78 Å². The minimum absolute atomic E-state index is 0.0262. The Morgan fingerprint density at radius 3 is 2.32 bits per heavy atom. The highest BCUT2D eigenvalue weighted by atomic mass is 19.2. The lowest BCUT2D eigenvalue weighted by atomic mass is 10.2. The molecule has 0 spiro atoms. The van der Waals surface area contributed by atoms with E-state index in [9.17, 15) is 8.78 Å². The zero-order valence-corrected chi connectivity index (χ0v) is 10.1. The predicted octanol–water partition coefficient (Wildman–Crippen LogP) is 3.59. The molecule has 0 saturated carbocycles. The van der Waals surface area contributed by atoms with Gasteiger partial charge in [0.05, 0.1) is 18.4 Å². The number of rotatable bonds is 3. The largest absolute Gasteiger partial charge is 0.497 e. The van der Waals surface area contributed by atoms with E-state index in [4.69, 9.17) is 10.00 Å². The van der Waals surface area contributed by atoms with Crippen molar-refractivity contribution in [1.82, 2.24) is 0 Å². The molecule has 2 rings (SSSR count). The summed E-state index contributed by atoms with van der Waals surface area (Å²) in [6.07, 6.45) is 0. The molecule has 0 fully saturated rings. The monoisotopic (exact) mass is 260 g/mol. The zero-order valence-electron chi connectivity index (χ0n) is 10.1. The van der Waals surface area contributed by atoms with Crippen molar-refractivity contribution < 1.29 is 13.5 Å². The highest BCUT2D eigenvalue weighted by molar-refractivity contribution is 5.62. The van der Waals surface area contributed by atoms with Crippen LogP contribution in [0.5, 0.6) is 5.75 Å². The molecule has 2 aromatic carbocycles. The summed E-state index contributed by atoms with van der Waals surface area (Å²) in [6, 6.07) is 10.9. The fraction of sp³-hybridized carbons (Fsp3) is 0.0714. The number of hydrogen-bond acceptors (Lipinski definition) is 3. The molecule has 0 amide bonds. The van der Waals surface area contributed by atoms with Gasteiger partial charge in [0, 0.05) is 5.69 Å². The van der Waals surface area contributed by atoms with Crippen LogP contribution in [-0.4, -0.2) is 7.11 Å². The van der Waals surface area contributed by atoms with E-state index in [1.165, 1.54) is 19.2 Å². The molecular weight excluding hydrogens is 250 g/mol. The second kappa shape index (κ2) is 5.36. The summed E-state index contributed by atoms with van der Waals surface area (Å²) in [5.41, 5.74) is 0.239. The summed E-state index contributed by atoms with van der Waals surface area (Å²) in [6.45, 7) is 0. The molecule has 96 valence electrons. The molecule has 0 radical (unpaired) electrons. The van der Waals surface area contributed by atoms with Crippen LogP contribution in [0.15, 0.2) is 36.4 Å². The Labute approximate surface area is 109 Å². The van der Waals surface area contributed by atoms with Crippen molar-refractivity contribution in [2.45, 2.75) is 0 Å². The van der Waals surface area contributed by atoms with Crippen LogP contribution in [0.3, 0.4) is 0 Å². The highest BCUT2D eigenvalue weighted by Gasteiger charge is 2.13. The third-order valence-electron chi connectivity index (χ3n) is 2.57. The first-order valence-corrected chi connectivity index (χ1v) is 5.45. The van der Waals surface area contributed by atoms with Gasteiger partial charge in [0.1, 0.15) is 11.8 Å². The Balaban J connectivity index is 2.28. The molecule has 19 heavy (non-hydrogen) atoms. The van der Waals surface area contributed by atoms with E-state index in [1.807, 2.05) is 0 Å². The number of hydrogen-bond donors (Lipinski definition) is 1. The summed E-state index contributed by atoms with van der Waals surface area (Å²) in [5.74, 6) is -1.56. The number of halogens is 2. The summed E-state index contributed by atoms with van der Waals surface area (Å²) in [4.78, 5) is 0. The Hall–Kier alpha value is -2.61. The third-order valence-corrected chi connectivity index (χ3v) is 2.57. The quantitative estimate of drug-likeness (QED) is 0.917. The van der Waals surface area contributed by atoms with Crippen LogP contribution in [-0.2, 0) is 0 Å². The van der Waals surface area contributed by atoms with Crippen molar-refractivity contribution in [3.05, 3.63) is 53.6 Å². The number of methoxy groups -OCH3 is 1. The summed E-state index contributed by atoms with van der Waals surface area (Å²) in [7, 11) is 1.54. The van der Waals surface area contributed by atoms with Crippen molar-refractivity contribution >= 4 is 11.4 Å². The molecular formula is C14H10F2N2O. The van der Waals surface area contributed by atoms with Crippen molar-refractivity contribution in [3.63, 3.8) is 0 Å². The van der Waals surface area contributed by atoms with Crippen LogP contribution in [0.1, 0.15) is 5.56 Å². The van der Waals surface area contributed by atoms with Crippen LogP contribution in [0, 0.1) is 23.0 Å². The van der Waals surface area contributed by atoms with E-state index in [1.54, 1.807) is 30.3 Å². The number of anilines is 2. The predicted molar refractivity (Wildman–Crippen MR) is 67.3 cm³/mol. The maximum absolute atomic E-state index is 13.7. The summed E-state index contributed by atoms with van der Waals surface area (Å²) < 4.78 is 32.1. The number of nitrogens with zero attached hydrogens (tertiary/aromatic N) is 1. The van der Waals surface area contributed by atoms with Gasteiger partial charge in [-0.1, -0.05) is 0 Å². The van der Waals surface area contributed by atoms with Gasteiger partial charge in [-0.2, -0.15) is 5.26 Å². The molecule has 0 bridgehead atoms. The van der Waals surface area contributed by atoms with Crippen LogP contribution >= 0.6 is 0 Å². The lowest BCUT2D eigenvalue weighted by Gasteiger charge is -2.09. The molecule has 0 aliphatic rings. The Bertz CT molecular complexity index is 633. The molecule has 5 heteroatoms. The topological polar surface area (TPSA) is 45.0 Å². The normalized spacial score (nSPS) is 9.79. The van der Waals surface area contributed by atoms with E-state index in [0.717, 1.165) is 0 Å². The molecule has 0 heterocycles. The van der Waals surface area contributed by atoms with Gasteiger partial charge in [0.25, 0.3) is 0 Å². The van der Waals surface area contributed by atoms with Crippen molar-refractivity contribution in [2.24, 2.45) is 0 Å². The SMILES string of the molecule is COc1ccc(Nc2ccc(C#N)c(F)c2F)cc1. The first-order valence-electron chi connectivity index (χ1n) is 5.45. The lowest BCUT2D eigenvalue weighted by Crippen LogP contribution is -1.98. The van der Waals surface area contributed by atoms with E-state index in [2.05, 4.69) is 5.32 Å².